The van der Waals surface area contributed by atoms with Crippen LogP contribution in [0.3, 0.4) is 0 Å². The highest BCUT2D eigenvalue weighted by Crippen LogP contribution is 2.37. The molecular formula is C27H35ClN4O. The number of halogens is 1. The summed E-state index contributed by atoms with van der Waals surface area (Å²) in [6.07, 6.45) is 7.40. The first-order chi connectivity index (χ1) is 16.0. The first-order valence-corrected chi connectivity index (χ1v) is 12.5. The number of nitrogens with zero attached hydrogens (tertiary/aromatic N) is 2. The molecule has 2 aliphatic rings. The molecule has 1 unspecified atom stereocenters. The summed E-state index contributed by atoms with van der Waals surface area (Å²) in [6.45, 7) is 7.55. The molecule has 2 heterocycles. The van der Waals surface area contributed by atoms with Gasteiger partial charge in [-0.3, -0.25) is 9.80 Å². The van der Waals surface area contributed by atoms with Gasteiger partial charge in [0.25, 0.3) is 0 Å². The molecule has 0 saturated carbocycles. The maximum Gasteiger partial charge on any atom is 0.224 e. The molecule has 2 aromatic rings. The summed E-state index contributed by atoms with van der Waals surface area (Å²) in [7, 11) is 0. The van der Waals surface area contributed by atoms with Gasteiger partial charge in [-0.15, -0.1) is 0 Å². The van der Waals surface area contributed by atoms with Crippen LogP contribution in [0.1, 0.15) is 56.7 Å². The molecule has 176 valence electrons. The Bertz CT molecular complexity index is 966. The Morgan fingerprint density at radius 1 is 1.12 bits per heavy atom. The highest BCUT2D eigenvalue weighted by Gasteiger charge is 2.31. The number of benzene rings is 2. The number of hydrogen-bond donors (Lipinski definition) is 2. The van der Waals surface area contributed by atoms with Crippen LogP contribution in [-0.2, 0) is 11.2 Å². The summed E-state index contributed by atoms with van der Waals surface area (Å²) in [5.41, 5.74) is 7.89. The second kappa shape index (κ2) is 11.1. The number of anilines is 1. The lowest BCUT2D eigenvalue weighted by Crippen LogP contribution is -2.34. The molecule has 1 saturated heterocycles. The van der Waals surface area contributed by atoms with E-state index >= 15 is 0 Å². The molecule has 1 fully saturated rings. The Hall–Kier alpha value is -2.50. The lowest BCUT2D eigenvalue weighted by atomic mass is 9.96. The fourth-order valence-electron chi connectivity index (χ4n) is 4.73. The smallest absolute Gasteiger partial charge is 0.224 e. The summed E-state index contributed by atoms with van der Waals surface area (Å²) in [6, 6.07) is 16.7. The average Bonchev–Trinajstić information content (AvgIpc) is 3.21. The number of piperidine rings is 1. The first kappa shape index (κ1) is 23.7. The molecule has 0 aromatic heterocycles. The van der Waals surface area contributed by atoms with Crippen LogP contribution in [0.2, 0.25) is 5.02 Å². The fourth-order valence-corrected chi connectivity index (χ4v) is 4.93. The summed E-state index contributed by atoms with van der Waals surface area (Å²) < 4.78 is 0. The Labute approximate surface area is 202 Å². The van der Waals surface area contributed by atoms with Crippen molar-refractivity contribution in [1.29, 1.82) is 0 Å². The highest BCUT2D eigenvalue weighted by molar-refractivity contribution is 6.30. The predicted octanol–water partition coefficient (Wildman–Crippen LogP) is 5.23. The van der Waals surface area contributed by atoms with Gasteiger partial charge in [0, 0.05) is 23.8 Å². The van der Waals surface area contributed by atoms with E-state index < -0.39 is 0 Å². The quantitative estimate of drug-likeness (QED) is 0.559. The van der Waals surface area contributed by atoms with E-state index in [4.69, 9.17) is 11.6 Å². The van der Waals surface area contributed by atoms with Crippen molar-refractivity contribution in [2.24, 2.45) is 0 Å². The van der Waals surface area contributed by atoms with Crippen LogP contribution in [0.15, 0.2) is 60.3 Å². The van der Waals surface area contributed by atoms with E-state index in [1.165, 1.54) is 37.9 Å². The lowest BCUT2D eigenvalue weighted by molar-refractivity contribution is -0.120. The number of carbonyl (C=O) groups is 1. The number of nitrogens with one attached hydrogen (secondary N) is 2. The van der Waals surface area contributed by atoms with Crippen LogP contribution in [0.25, 0.3) is 0 Å². The van der Waals surface area contributed by atoms with Crippen molar-refractivity contribution >= 4 is 23.2 Å². The first-order valence-electron chi connectivity index (χ1n) is 12.1. The number of hydrazine groups is 1. The van der Waals surface area contributed by atoms with Gasteiger partial charge in [-0.05, 0) is 87.2 Å². The van der Waals surface area contributed by atoms with Gasteiger partial charge in [0.05, 0.1) is 18.2 Å². The second-order valence-electron chi connectivity index (χ2n) is 9.39. The number of amides is 1. The minimum absolute atomic E-state index is 0.0278. The van der Waals surface area contributed by atoms with Gasteiger partial charge in [-0.2, -0.15) is 0 Å². The Kier molecular flexibility index (Phi) is 7.94. The molecule has 1 amide bonds. The molecule has 0 radical (unpaired) electrons. The van der Waals surface area contributed by atoms with E-state index in [-0.39, 0.29) is 18.0 Å². The Morgan fingerprint density at radius 3 is 2.58 bits per heavy atom. The topological polar surface area (TPSA) is 47.6 Å². The lowest BCUT2D eigenvalue weighted by Gasteiger charge is -2.29. The highest BCUT2D eigenvalue weighted by atomic mass is 35.5. The predicted molar refractivity (Wildman–Crippen MR) is 136 cm³/mol. The average molecular weight is 467 g/mol. The molecule has 5 nitrogen and oxygen atoms in total. The number of hydrogen-bond acceptors (Lipinski definition) is 4. The molecular weight excluding hydrogens is 432 g/mol. The molecule has 0 bridgehead atoms. The van der Waals surface area contributed by atoms with E-state index in [0.717, 1.165) is 29.8 Å². The molecule has 2 aliphatic heterocycles. The maximum atomic E-state index is 12.5. The number of rotatable bonds is 8. The van der Waals surface area contributed by atoms with Crippen molar-refractivity contribution in [3.8, 4) is 0 Å². The minimum Gasteiger partial charge on any atom is -0.354 e. The van der Waals surface area contributed by atoms with Gasteiger partial charge in [0.1, 0.15) is 0 Å². The third-order valence-electron chi connectivity index (χ3n) is 6.36. The minimum atomic E-state index is -0.0965. The summed E-state index contributed by atoms with van der Waals surface area (Å²) in [5.74, 6) is 0.0278. The largest absolute Gasteiger partial charge is 0.354 e. The van der Waals surface area contributed by atoms with E-state index in [9.17, 15) is 4.79 Å². The standard InChI is InChI=1S/C27H35ClN4O/c1-20(2)30-26(33)18-23-19-29-32(27(23)22-7-6-8-24(28)17-22)25-11-9-21(10-12-25)13-16-31-14-4-3-5-15-31/h6-12,17,19-20,27,29H,3-5,13-16,18H2,1-2H3,(H,30,33). The monoisotopic (exact) mass is 466 g/mol. The van der Waals surface area contributed by atoms with E-state index in [0.29, 0.717) is 11.4 Å². The van der Waals surface area contributed by atoms with Gasteiger partial charge in [-0.25, -0.2) is 0 Å². The number of carbonyl (C=O) groups excluding carboxylic acids is 1. The van der Waals surface area contributed by atoms with E-state index in [1.54, 1.807) is 0 Å². The van der Waals surface area contributed by atoms with Crippen LogP contribution in [-0.4, -0.2) is 36.5 Å². The molecule has 6 heteroatoms. The molecule has 2 aromatic carbocycles. The fraction of sp³-hybridized carbons (Fsp3) is 0.444. The van der Waals surface area contributed by atoms with Crippen molar-refractivity contribution in [2.45, 2.75) is 58.0 Å². The Balaban J connectivity index is 1.48. The number of likely N-dealkylation sites (tertiary alicyclic amines) is 1. The SMILES string of the molecule is CC(C)NC(=O)CC1=CNN(c2ccc(CCN3CCCCC3)cc2)C1c1cccc(Cl)c1. The molecule has 4 rings (SSSR count). The third kappa shape index (κ3) is 6.30. The van der Waals surface area contributed by atoms with Crippen LogP contribution in [0.4, 0.5) is 5.69 Å². The zero-order valence-electron chi connectivity index (χ0n) is 19.7. The van der Waals surface area contributed by atoms with Crippen molar-refractivity contribution in [1.82, 2.24) is 15.6 Å². The molecule has 0 spiro atoms. The van der Waals surface area contributed by atoms with Gasteiger partial charge >= 0.3 is 0 Å². The van der Waals surface area contributed by atoms with Gasteiger partial charge in [0.15, 0.2) is 0 Å². The van der Waals surface area contributed by atoms with Gasteiger partial charge in [0.2, 0.25) is 5.91 Å². The van der Waals surface area contributed by atoms with Gasteiger partial charge < -0.3 is 15.6 Å². The van der Waals surface area contributed by atoms with Crippen LogP contribution in [0, 0.1) is 0 Å². The Morgan fingerprint density at radius 2 is 1.88 bits per heavy atom. The summed E-state index contributed by atoms with van der Waals surface area (Å²) >= 11 is 6.32. The summed E-state index contributed by atoms with van der Waals surface area (Å²) in [4.78, 5) is 15.1. The van der Waals surface area contributed by atoms with Crippen molar-refractivity contribution in [3.05, 3.63) is 76.5 Å². The summed E-state index contributed by atoms with van der Waals surface area (Å²) in [5, 5.41) is 5.82. The van der Waals surface area contributed by atoms with E-state index in [1.807, 2.05) is 38.2 Å². The van der Waals surface area contributed by atoms with Gasteiger partial charge in [-0.1, -0.05) is 42.3 Å². The van der Waals surface area contributed by atoms with Crippen LogP contribution < -0.4 is 15.8 Å². The second-order valence-corrected chi connectivity index (χ2v) is 9.83. The normalized spacial score (nSPS) is 18.8. The third-order valence-corrected chi connectivity index (χ3v) is 6.59. The molecule has 2 N–H and O–H groups in total. The van der Waals surface area contributed by atoms with Crippen molar-refractivity contribution in [3.63, 3.8) is 0 Å². The van der Waals surface area contributed by atoms with Crippen LogP contribution >= 0.6 is 11.6 Å². The maximum absolute atomic E-state index is 12.5. The molecule has 0 aliphatic carbocycles. The van der Waals surface area contributed by atoms with Crippen molar-refractivity contribution < 1.29 is 4.79 Å². The van der Waals surface area contributed by atoms with Crippen molar-refractivity contribution in [2.75, 3.05) is 24.6 Å². The zero-order valence-corrected chi connectivity index (χ0v) is 20.4. The molecule has 1 atom stereocenters. The molecule has 33 heavy (non-hydrogen) atoms. The van der Waals surface area contributed by atoms with E-state index in [2.05, 4.69) is 51.0 Å². The van der Waals surface area contributed by atoms with Crippen LogP contribution in [0.5, 0.6) is 0 Å². The zero-order chi connectivity index (χ0) is 23.2.